The Morgan fingerprint density at radius 3 is 2.30 bits per heavy atom. The molecule has 0 aliphatic rings. The van der Waals surface area contributed by atoms with Gasteiger partial charge >= 0.3 is 0 Å². The first kappa shape index (κ1) is 9.74. The third-order valence-corrected chi connectivity index (χ3v) is 1.35. The van der Waals surface area contributed by atoms with Gasteiger partial charge in [-0.25, -0.2) is 0 Å². The fourth-order valence-corrected chi connectivity index (χ4v) is 0.726. The summed E-state index contributed by atoms with van der Waals surface area (Å²) < 4.78 is 0. The zero-order valence-electron chi connectivity index (χ0n) is 7.19. The van der Waals surface area contributed by atoms with E-state index in [9.17, 15) is 0 Å². The predicted molar refractivity (Wildman–Crippen MR) is 47.6 cm³/mol. The average Bonchev–Trinajstić information content (AvgIpc) is 1.87. The highest BCUT2D eigenvalue weighted by atomic mass is 13.9. The van der Waals surface area contributed by atoms with Crippen LogP contribution >= 0.6 is 0 Å². The van der Waals surface area contributed by atoms with Crippen LogP contribution in [-0.4, -0.2) is 0 Å². The largest absolute Gasteiger partial charge is 0.0885 e. The second kappa shape index (κ2) is 6.85. The lowest BCUT2D eigenvalue weighted by molar-refractivity contribution is 0.848. The van der Waals surface area contributed by atoms with Crippen LogP contribution in [0.15, 0.2) is 12.2 Å². The summed E-state index contributed by atoms with van der Waals surface area (Å²) in [6.07, 6.45) is 9.04. The van der Waals surface area contributed by atoms with E-state index >= 15 is 0 Å². The molecule has 0 aliphatic carbocycles. The molecule has 0 aromatic carbocycles. The van der Waals surface area contributed by atoms with Crippen LogP contribution in [0, 0.1) is 12.8 Å². The van der Waals surface area contributed by atoms with Crippen molar-refractivity contribution in [3.8, 4) is 0 Å². The Morgan fingerprint density at radius 2 is 1.80 bits per heavy atom. The van der Waals surface area contributed by atoms with Crippen molar-refractivity contribution in [2.24, 2.45) is 0 Å². The summed E-state index contributed by atoms with van der Waals surface area (Å²) in [4.78, 5) is 0. The minimum Gasteiger partial charge on any atom is -0.0885 e. The van der Waals surface area contributed by atoms with Crippen molar-refractivity contribution in [3.05, 3.63) is 25.0 Å². The molecule has 0 unspecified atom stereocenters. The maximum atomic E-state index is 3.76. The summed E-state index contributed by atoms with van der Waals surface area (Å²) in [5.41, 5.74) is 0. The molecule has 0 fully saturated rings. The van der Waals surface area contributed by atoms with Crippen molar-refractivity contribution < 1.29 is 0 Å². The number of allylic oxidation sites excluding steroid dienone is 2. The highest BCUT2D eigenvalue weighted by molar-refractivity contribution is 4.87. The molecule has 0 aliphatic heterocycles. The van der Waals surface area contributed by atoms with Crippen molar-refractivity contribution >= 4 is 0 Å². The lowest BCUT2D eigenvalue weighted by atomic mass is 10.1. The number of rotatable bonds is 5. The van der Waals surface area contributed by atoms with E-state index in [0.717, 1.165) is 12.8 Å². The molecule has 0 N–H and O–H groups in total. The number of hydrogen-bond donors (Lipinski definition) is 0. The first-order valence-electron chi connectivity index (χ1n) is 4.00. The van der Waals surface area contributed by atoms with E-state index in [1.54, 1.807) is 0 Å². The molecule has 0 rings (SSSR count). The van der Waals surface area contributed by atoms with Crippen LogP contribution in [0.2, 0.25) is 0 Å². The van der Waals surface area contributed by atoms with Crippen LogP contribution in [0.1, 0.15) is 39.5 Å². The van der Waals surface area contributed by atoms with E-state index in [2.05, 4.69) is 32.9 Å². The first-order chi connectivity index (χ1) is 4.77. The van der Waals surface area contributed by atoms with Gasteiger partial charge in [0.2, 0.25) is 0 Å². The van der Waals surface area contributed by atoms with Gasteiger partial charge in [0.05, 0.1) is 0 Å². The molecule has 0 heterocycles. The van der Waals surface area contributed by atoms with Gasteiger partial charge in [-0.15, -0.1) is 0 Å². The third kappa shape index (κ3) is 7.74. The molecule has 0 amide bonds. The van der Waals surface area contributed by atoms with Gasteiger partial charge in [-0.2, -0.15) is 0 Å². The monoisotopic (exact) mass is 138 g/mol. The van der Waals surface area contributed by atoms with E-state index in [4.69, 9.17) is 0 Å². The van der Waals surface area contributed by atoms with Crippen molar-refractivity contribution in [2.75, 3.05) is 0 Å². The van der Waals surface area contributed by atoms with Gasteiger partial charge in [0, 0.05) is 0 Å². The molecule has 0 nitrogen and oxygen atoms in total. The van der Waals surface area contributed by atoms with Gasteiger partial charge in [0.25, 0.3) is 0 Å². The van der Waals surface area contributed by atoms with Gasteiger partial charge in [0.1, 0.15) is 0 Å². The van der Waals surface area contributed by atoms with E-state index in [1.807, 2.05) is 0 Å². The van der Waals surface area contributed by atoms with Crippen molar-refractivity contribution in [1.82, 2.24) is 0 Å². The zero-order valence-corrected chi connectivity index (χ0v) is 7.19. The average molecular weight is 138 g/mol. The highest BCUT2D eigenvalue weighted by Gasteiger charge is 1.89. The Bertz CT molecular complexity index is 80.0. The molecule has 10 heavy (non-hydrogen) atoms. The molecule has 0 saturated heterocycles. The summed E-state index contributed by atoms with van der Waals surface area (Å²) in [6.45, 7) is 8.11. The second-order valence-electron chi connectivity index (χ2n) is 2.86. The molecule has 0 bridgehead atoms. The molecule has 0 saturated carbocycles. The Hall–Kier alpha value is -0.260. The first-order valence-corrected chi connectivity index (χ1v) is 4.00. The smallest absolute Gasteiger partial charge is 0.0300 e. The van der Waals surface area contributed by atoms with E-state index < -0.39 is 0 Å². The lowest BCUT2D eigenvalue weighted by Crippen LogP contribution is -1.80. The molecule has 2 radical (unpaired) electrons. The summed E-state index contributed by atoms with van der Waals surface area (Å²) in [7, 11) is 0. The Balaban J connectivity index is 3.02. The lowest BCUT2D eigenvalue weighted by Gasteiger charge is -1.97. The summed E-state index contributed by atoms with van der Waals surface area (Å²) in [5, 5.41) is 0. The van der Waals surface area contributed by atoms with Crippen LogP contribution < -0.4 is 0 Å². The normalized spacial score (nSPS) is 11.6. The molecule has 0 spiro atoms. The Morgan fingerprint density at radius 1 is 1.20 bits per heavy atom. The van der Waals surface area contributed by atoms with Crippen molar-refractivity contribution in [1.29, 1.82) is 0 Å². The number of hydrogen-bond acceptors (Lipinski definition) is 0. The van der Waals surface area contributed by atoms with Gasteiger partial charge in [-0.3, -0.25) is 0 Å². The molecule has 0 heteroatoms. The zero-order chi connectivity index (χ0) is 7.82. The Labute approximate surface area is 65.3 Å². The van der Waals surface area contributed by atoms with Crippen molar-refractivity contribution in [2.45, 2.75) is 39.5 Å². The number of unbranched alkanes of at least 4 members (excludes halogenated alkanes) is 1. The minimum absolute atomic E-state index is 1.02. The maximum absolute atomic E-state index is 3.76. The van der Waals surface area contributed by atoms with Crippen LogP contribution in [0.4, 0.5) is 0 Å². The molecular formula is C10H18. The molecular weight excluding hydrogens is 120 g/mol. The predicted octanol–water partition coefficient (Wildman–Crippen LogP) is 3.55. The van der Waals surface area contributed by atoms with Gasteiger partial charge in [-0.1, -0.05) is 32.9 Å². The summed E-state index contributed by atoms with van der Waals surface area (Å²) in [6, 6.07) is 0. The fraction of sp³-hybridized carbons (Fsp3) is 0.600. The van der Waals surface area contributed by atoms with Crippen LogP contribution in [0.25, 0.3) is 0 Å². The maximum Gasteiger partial charge on any atom is -0.0300 e. The summed E-state index contributed by atoms with van der Waals surface area (Å²) in [5.74, 6) is 1.51. The Kier molecular flexibility index (Phi) is 6.68. The molecule has 0 aromatic heterocycles. The molecule has 0 atom stereocenters. The second-order valence-corrected chi connectivity index (χ2v) is 2.86. The fourth-order valence-electron chi connectivity index (χ4n) is 0.726. The minimum atomic E-state index is 1.02. The molecule has 58 valence electrons. The van der Waals surface area contributed by atoms with Gasteiger partial charge in [-0.05, 0) is 31.6 Å². The highest BCUT2D eigenvalue weighted by Crippen LogP contribution is 2.06. The summed E-state index contributed by atoms with van der Waals surface area (Å²) >= 11 is 0. The topological polar surface area (TPSA) is 0 Å². The van der Waals surface area contributed by atoms with Crippen LogP contribution in [0.5, 0.6) is 0 Å². The van der Waals surface area contributed by atoms with Crippen LogP contribution in [0.3, 0.4) is 0 Å². The van der Waals surface area contributed by atoms with Gasteiger partial charge < -0.3 is 0 Å². The van der Waals surface area contributed by atoms with E-state index in [0.29, 0.717) is 0 Å². The standard InChI is InChI=1S/C10H18/c1-4-5-6-7-8-9-10(2)3/h6-7H,1,4-5,8-9H2,2-3H3. The van der Waals surface area contributed by atoms with Gasteiger partial charge in [0.15, 0.2) is 0 Å². The van der Waals surface area contributed by atoms with Crippen molar-refractivity contribution in [3.63, 3.8) is 0 Å². The quantitative estimate of drug-likeness (QED) is 0.510. The van der Waals surface area contributed by atoms with Crippen LogP contribution in [-0.2, 0) is 0 Å². The SMILES string of the molecule is [CH2]CCC=CCC[C](C)C. The van der Waals surface area contributed by atoms with E-state index in [1.165, 1.54) is 18.8 Å². The van der Waals surface area contributed by atoms with E-state index in [-0.39, 0.29) is 0 Å². The third-order valence-electron chi connectivity index (χ3n) is 1.35. The molecule has 0 aromatic rings.